The Balaban J connectivity index is 1.65. The maximum atomic E-state index is 13.6. The fraction of sp³-hybridized carbons (Fsp3) is 0.519. The number of carbonyl (C=O) groups is 5. The van der Waals surface area contributed by atoms with Gasteiger partial charge in [0.2, 0.25) is 5.91 Å². The lowest BCUT2D eigenvalue weighted by atomic mass is 9.95. The van der Waals surface area contributed by atoms with Gasteiger partial charge in [-0.25, -0.2) is 0 Å². The molecule has 2 aliphatic heterocycles. The fourth-order valence-electron chi connectivity index (χ4n) is 4.90. The molecule has 2 fully saturated rings. The Labute approximate surface area is 235 Å². The molecule has 222 valence electrons. The van der Waals surface area contributed by atoms with Gasteiger partial charge in [-0.05, 0) is 23.8 Å². The van der Waals surface area contributed by atoms with Crippen molar-refractivity contribution in [3.8, 4) is 5.75 Å². The van der Waals surface area contributed by atoms with Gasteiger partial charge in [0, 0.05) is 51.0 Å². The molecule has 14 heteroatoms. The zero-order valence-corrected chi connectivity index (χ0v) is 23.2. The van der Waals surface area contributed by atoms with Crippen LogP contribution in [0.1, 0.15) is 26.3 Å². The Bertz CT molecular complexity index is 1300. The van der Waals surface area contributed by atoms with Crippen molar-refractivity contribution in [3.05, 3.63) is 30.0 Å². The first-order valence-corrected chi connectivity index (χ1v) is 13.0. The Morgan fingerprint density at radius 3 is 2.22 bits per heavy atom. The number of morpholine rings is 1. The monoisotopic (exact) mass is 575 g/mol. The molecule has 5 atom stereocenters. The van der Waals surface area contributed by atoms with Crippen LogP contribution in [0.15, 0.2) is 24.4 Å². The third kappa shape index (κ3) is 7.13. The predicted molar refractivity (Wildman–Crippen MR) is 139 cm³/mol. The molecular weight excluding hydrogens is 542 g/mol. The molecule has 0 bridgehead atoms. The summed E-state index contributed by atoms with van der Waals surface area (Å²) in [5.41, 5.74) is 1.43. The minimum Gasteiger partial charge on any atom is -0.497 e. The predicted octanol–water partition coefficient (Wildman–Crippen LogP) is 0.214. The minimum atomic E-state index is -1.49. The molecule has 4 rings (SSSR count). The molecule has 1 aromatic heterocycles. The van der Waals surface area contributed by atoms with Crippen molar-refractivity contribution in [2.24, 2.45) is 0 Å². The standard InChI is InChI=1S/C27H33N3O11/c1-14(31)38-22-23(39-15(2)32)25(27(35)30-7-9-37-10-8-30)41-26(24(22)40-16(3)33)29-21(34)11-17-13-28-20-6-5-18(36-4)12-19(17)20/h5-6,12-13,22-26,28H,7-11H2,1-4H3,(H,29,34). The van der Waals surface area contributed by atoms with E-state index in [1.54, 1.807) is 18.3 Å². The average Bonchev–Trinajstić information content (AvgIpc) is 3.32. The first-order valence-electron chi connectivity index (χ1n) is 13.0. The maximum Gasteiger partial charge on any atom is 0.303 e. The van der Waals surface area contributed by atoms with Gasteiger partial charge in [0.1, 0.15) is 5.75 Å². The van der Waals surface area contributed by atoms with E-state index in [1.165, 1.54) is 12.0 Å². The van der Waals surface area contributed by atoms with Crippen molar-refractivity contribution in [1.29, 1.82) is 0 Å². The van der Waals surface area contributed by atoms with Gasteiger partial charge >= 0.3 is 17.9 Å². The van der Waals surface area contributed by atoms with Gasteiger partial charge < -0.3 is 43.6 Å². The Morgan fingerprint density at radius 2 is 1.59 bits per heavy atom. The topological polar surface area (TPSA) is 172 Å². The molecule has 5 unspecified atom stereocenters. The molecule has 0 aliphatic carbocycles. The van der Waals surface area contributed by atoms with Crippen LogP contribution in [0.2, 0.25) is 0 Å². The van der Waals surface area contributed by atoms with Crippen molar-refractivity contribution < 1.29 is 52.4 Å². The summed E-state index contributed by atoms with van der Waals surface area (Å²) in [6.45, 7) is 4.42. The summed E-state index contributed by atoms with van der Waals surface area (Å²) in [6, 6.07) is 5.38. The molecule has 2 amide bonds. The zero-order valence-electron chi connectivity index (χ0n) is 23.2. The number of benzene rings is 1. The van der Waals surface area contributed by atoms with E-state index in [0.717, 1.165) is 31.7 Å². The number of hydrogen-bond donors (Lipinski definition) is 2. The highest BCUT2D eigenvalue weighted by atomic mass is 16.7. The molecule has 41 heavy (non-hydrogen) atoms. The van der Waals surface area contributed by atoms with Crippen LogP contribution in [0.25, 0.3) is 10.9 Å². The van der Waals surface area contributed by atoms with E-state index in [-0.39, 0.29) is 32.7 Å². The Hall–Kier alpha value is -4.17. The molecule has 0 saturated carbocycles. The SMILES string of the molecule is COc1ccc2[nH]cc(CC(=O)NC3OC(C(=O)N4CCOCC4)C(OC(C)=O)C(OC(C)=O)C3OC(C)=O)c2c1. The molecule has 2 aromatic rings. The first kappa shape index (κ1) is 29.8. The van der Waals surface area contributed by atoms with E-state index in [2.05, 4.69) is 10.3 Å². The van der Waals surface area contributed by atoms with Crippen molar-refractivity contribution in [2.45, 2.75) is 57.8 Å². The molecule has 2 saturated heterocycles. The molecule has 2 N–H and O–H groups in total. The van der Waals surface area contributed by atoms with Gasteiger partial charge in [0.25, 0.3) is 5.91 Å². The quantitative estimate of drug-likeness (QED) is 0.326. The number of aromatic nitrogens is 1. The second-order valence-electron chi connectivity index (χ2n) is 9.61. The molecule has 3 heterocycles. The first-order chi connectivity index (χ1) is 19.6. The van der Waals surface area contributed by atoms with E-state index >= 15 is 0 Å². The van der Waals surface area contributed by atoms with E-state index < -0.39 is 60.4 Å². The third-order valence-corrected chi connectivity index (χ3v) is 6.64. The highest BCUT2D eigenvalue weighted by Gasteiger charge is 2.55. The second kappa shape index (κ2) is 13.0. The van der Waals surface area contributed by atoms with Gasteiger partial charge in [-0.3, -0.25) is 24.0 Å². The largest absolute Gasteiger partial charge is 0.497 e. The molecule has 2 aliphatic rings. The number of amides is 2. The summed E-state index contributed by atoms with van der Waals surface area (Å²) in [7, 11) is 1.53. The molecule has 14 nitrogen and oxygen atoms in total. The molecule has 0 radical (unpaired) electrons. The smallest absolute Gasteiger partial charge is 0.303 e. The highest BCUT2D eigenvalue weighted by Crippen LogP contribution is 2.30. The number of ether oxygens (including phenoxy) is 6. The number of hydrogen-bond acceptors (Lipinski definition) is 11. The van der Waals surface area contributed by atoms with Gasteiger partial charge in [0.05, 0.1) is 26.7 Å². The lowest BCUT2D eigenvalue weighted by molar-refractivity contribution is -0.250. The average molecular weight is 576 g/mol. The fourth-order valence-corrected chi connectivity index (χ4v) is 4.90. The highest BCUT2D eigenvalue weighted by molar-refractivity contribution is 5.90. The van der Waals surface area contributed by atoms with Crippen LogP contribution in [-0.4, -0.2) is 104 Å². The van der Waals surface area contributed by atoms with Gasteiger partial charge in [-0.15, -0.1) is 0 Å². The summed E-state index contributed by atoms with van der Waals surface area (Å²) in [5.74, 6) is -2.86. The van der Waals surface area contributed by atoms with E-state index in [0.29, 0.717) is 11.3 Å². The Morgan fingerprint density at radius 1 is 0.951 bits per heavy atom. The lowest BCUT2D eigenvalue weighted by Crippen LogP contribution is -2.68. The summed E-state index contributed by atoms with van der Waals surface area (Å²) in [5, 5.41) is 3.42. The van der Waals surface area contributed by atoms with Crippen LogP contribution >= 0.6 is 0 Å². The lowest BCUT2D eigenvalue weighted by Gasteiger charge is -2.45. The van der Waals surface area contributed by atoms with Crippen molar-refractivity contribution in [3.63, 3.8) is 0 Å². The zero-order chi connectivity index (χ0) is 29.7. The van der Waals surface area contributed by atoms with Gasteiger partial charge in [-0.1, -0.05) is 0 Å². The van der Waals surface area contributed by atoms with Crippen LogP contribution in [0.5, 0.6) is 5.75 Å². The summed E-state index contributed by atoms with van der Waals surface area (Å²) in [4.78, 5) is 67.7. The number of nitrogens with one attached hydrogen (secondary N) is 2. The number of H-pyrrole nitrogens is 1. The number of esters is 3. The van der Waals surface area contributed by atoms with Crippen molar-refractivity contribution in [1.82, 2.24) is 15.2 Å². The van der Waals surface area contributed by atoms with Crippen LogP contribution in [0.4, 0.5) is 0 Å². The van der Waals surface area contributed by atoms with Crippen LogP contribution < -0.4 is 10.1 Å². The number of methoxy groups -OCH3 is 1. The van der Waals surface area contributed by atoms with Gasteiger partial charge in [0.15, 0.2) is 30.6 Å². The molecular formula is C27H33N3O11. The summed E-state index contributed by atoms with van der Waals surface area (Å²) < 4.78 is 32.9. The summed E-state index contributed by atoms with van der Waals surface area (Å²) >= 11 is 0. The number of fused-ring (bicyclic) bond motifs is 1. The van der Waals surface area contributed by atoms with Crippen LogP contribution in [0, 0.1) is 0 Å². The maximum absolute atomic E-state index is 13.6. The van der Waals surface area contributed by atoms with Crippen LogP contribution in [0.3, 0.4) is 0 Å². The van der Waals surface area contributed by atoms with Gasteiger partial charge in [-0.2, -0.15) is 0 Å². The number of aromatic amines is 1. The van der Waals surface area contributed by atoms with E-state index in [9.17, 15) is 24.0 Å². The van der Waals surface area contributed by atoms with E-state index in [1.807, 2.05) is 6.07 Å². The van der Waals surface area contributed by atoms with Crippen molar-refractivity contribution in [2.75, 3.05) is 33.4 Å². The number of nitrogens with zero attached hydrogens (tertiary/aromatic N) is 1. The van der Waals surface area contributed by atoms with Crippen LogP contribution in [-0.2, 0) is 54.1 Å². The minimum absolute atomic E-state index is 0.118. The molecule has 0 spiro atoms. The number of rotatable bonds is 8. The van der Waals surface area contributed by atoms with Crippen molar-refractivity contribution >= 4 is 40.6 Å². The summed E-state index contributed by atoms with van der Waals surface area (Å²) in [6.07, 6.45) is -5.74. The van der Waals surface area contributed by atoms with E-state index in [4.69, 9.17) is 28.4 Å². The third-order valence-electron chi connectivity index (χ3n) is 6.64. The Kier molecular flexibility index (Phi) is 9.45. The normalized spacial score (nSPS) is 24.3. The molecule has 1 aromatic carbocycles. The number of carbonyl (C=O) groups excluding carboxylic acids is 5. The second-order valence-corrected chi connectivity index (χ2v) is 9.61.